The lowest BCUT2D eigenvalue weighted by atomic mass is 10.0. The molecule has 4 nitrogen and oxygen atoms in total. The lowest BCUT2D eigenvalue weighted by Gasteiger charge is -2.10. The van der Waals surface area contributed by atoms with E-state index < -0.39 is 15.7 Å². The van der Waals surface area contributed by atoms with Crippen LogP contribution < -0.4 is 5.32 Å². The van der Waals surface area contributed by atoms with Gasteiger partial charge >= 0.3 is 0 Å². The average molecular weight is 285 g/mol. The Labute approximate surface area is 111 Å². The van der Waals surface area contributed by atoms with Crippen LogP contribution in [0.15, 0.2) is 18.2 Å². The van der Waals surface area contributed by atoms with Crippen molar-refractivity contribution in [2.45, 2.75) is 19.8 Å². The number of anilines is 1. The van der Waals surface area contributed by atoms with Crippen molar-refractivity contribution in [3.8, 4) is 0 Å². The predicted molar refractivity (Wildman–Crippen MR) is 71.1 cm³/mol. The van der Waals surface area contributed by atoms with E-state index in [1.54, 1.807) is 13.0 Å². The SMILES string of the molecule is Cc1ccc(F)cc1NC(=O)C[C@H]1CCS(=O)(=O)C1. The standard InChI is InChI=1S/C13H16FNO3S/c1-9-2-3-11(14)7-12(9)15-13(16)6-10-4-5-19(17,18)8-10/h2-3,7,10H,4-6,8H2,1H3,(H,15,16)/t10-/m1/s1. The first-order valence-corrected chi connectivity index (χ1v) is 7.94. The minimum atomic E-state index is -2.97. The molecule has 0 bridgehead atoms. The summed E-state index contributed by atoms with van der Waals surface area (Å²) in [4.78, 5) is 11.8. The monoisotopic (exact) mass is 285 g/mol. The molecule has 1 amide bonds. The van der Waals surface area contributed by atoms with Gasteiger partial charge in [-0.2, -0.15) is 0 Å². The van der Waals surface area contributed by atoms with Crippen molar-refractivity contribution in [3.05, 3.63) is 29.6 Å². The Balaban J connectivity index is 1.97. The second-order valence-corrected chi connectivity index (χ2v) is 7.21. The van der Waals surface area contributed by atoms with Crippen molar-refractivity contribution in [2.75, 3.05) is 16.8 Å². The van der Waals surface area contributed by atoms with Crippen LogP contribution in [0, 0.1) is 18.7 Å². The normalized spacial score (nSPS) is 21.3. The topological polar surface area (TPSA) is 63.2 Å². The maximum Gasteiger partial charge on any atom is 0.224 e. The fourth-order valence-corrected chi connectivity index (χ4v) is 4.09. The number of carbonyl (C=O) groups excluding carboxylic acids is 1. The summed E-state index contributed by atoms with van der Waals surface area (Å²) < 4.78 is 35.7. The molecule has 104 valence electrons. The summed E-state index contributed by atoms with van der Waals surface area (Å²) in [5.74, 6) is -0.578. The average Bonchev–Trinajstić information content (AvgIpc) is 2.63. The van der Waals surface area contributed by atoms with Gasteiger partial charge in [-0.25, -0.2) is 12.8 Å². The van der Waals surface area contributed by atoms with Crippen LogP contribution in [0.25, 0.3) is 0 Å². The van der Waals surface area contributed by atoms with Gasteiger partial charge in [0, 0.05) is 12.1 Å². The maximum absolute atomic E-state index is 13.1. The molecule has 6 heteroatoms. The van der Waals surface area contributed by atoms with Crippen LogP contribution in [0.2, 0.25) is 0 Å². The van der Waals surface area contributed by atoms with E-state index >= 15 is 0 Å². The van der Waals surface area contributed by atoms with Crippen LogP contribution in [0.3, 0.4) is 0 Å². The van der Waals surface area contributed by atoms with Crippen molar-refractivity contribution >= 4 is 21.4 Å². The molecule has 2 rings (SSSR count). The van der Waals surface area contributed by atoms with E-state index in [1.807, 2.05) is 0 Å². The summed E-state index contributed by atoms with van der Waals surface area (Å²) >= 11 is 0. The van der Waals surface area contributed by atoms with Crippen molar-refractivity contribution in [1.82, 2.24) is 0 Å². The molecule has 1 aliphatic heterocycles. The zero-order chi connectivity index (χ0) is 14.0. The zero-order valence-corrected chi connectivity index (χ0v) is 11.5. The molecule has 1 fully saturated rings. The lowest BCUT2D eigenvalue weighted by Crippen LogP contribution is -2.18. The molecule has 1 atom stereocenters. The van der Waals surface area contributed by atoms with Gasteiger partial charge in [-0.1, -0.05) is 6.07 Å². The molecule has 0 radical (unpaired) electrons. The number of amides is 1. The smallest absolute Gasteiger partial charge is 0.224 e. The third kappa shape index (κ3) is 3.76. The summed E-state index contributed by atoms with van der Waals surface area (Å²) in [5.41, 5.74) is 1.21. The molecular formula is C13H16FNO3S. The highest BCUT2D eigenvalue weighted by Crippen LogP contribution is 2.23. The molecule has 1 heterocycles. The van der Waals surface area contributed by atoms with E-state index in [-0.39, 0.29) is 29.8 Å². The molecule has 1 aromatic carbocycles. The van der Waals surface area contributed by atoms with Crippen LogP contribution in [-0.4, -0.2) is 25.8 Å². The molecule has 0 aliphatic carbocycles. The van der Waals surface area contributed by atoms with Crippen LogP contribution >= 0.6 is 0 Å². The van der Waals surface area contributed by atoms with Gasteiger partial charge in [0.1, 0.15) is 5.82 Å². The van der Waals surface area contributed by atoms with E-state index in [0.717, 1.165) is 5.56 Å². The fourth-order valence-electron chi connectivity index (χ4n) is 2.23. The van der Waals surface area contributed by atoms with Gasteiger partial charge in [0.05, 0.1) is 11.5 Å². The van der Waals surface area contributed by atoms with E-state index in [9.17, 15) is 17.6 Å². The fraction of sp³-hybridized carbons (Fsp3) is 0.462. The Kier molecular flexibility index (Phi) is 3.89. The molecule has 0 spiro atoms. The van der Waals surface area contributed by atoms with Gasteiger partial charge in [0.15, 0.2) is 9.84 Å². The number of sulfone groups is 1. The summed E-state index contributed by atoms with van der Waals surface area (Å²) in [6.07, 6.45) is 0.688. The summed E-state index contributed by atoms with van der Waals surface area (Å²) in [5, 5.41) is 2.63. The minimum absolute atomic E-state index is 0.0720. The van der Waals surface area contributed by atoms with Gasteiger partial charge in [0.25, 0.3) is 0 Å². The Morgan fingerprint density at radius 2 is 2.21 bits per heavy atom. The van der Waals surface area contributed by atoms with Gasteiger partial charge in [0.2, 0.25) is 5.91 Å². The molecule has 19 heavy (non-hydrogen) atoms. The largest absolute Gasteiger partial charge is 0.326 e. The van der Waals surface area contributed by atoms with Gasteiger partial charge < -0.3 is 5.32 Å². The highest BCUT2D eigenvalue weighted by molar-refractivity contribution is 7.91. The summed E-state index contributed by atoms with van der Waals surface area (Å²) in [6.45, 7) is 1.77. The molecule has 0 unspecified atom stereocenters. The van der Waals surface area contributed by atoms with Gasteiger partial charge in [-0.05, 0) is 37.0 Å². The highest BCUT2D eigenvalue weighted by Gasteiger charge is 2.29. The molecule has 1 N–H and O–H groups in total. The number of carbonyl (C=O) groups is 1. The maximum atomic E-state index is 13.1. The molecule has 0 aromatic heterocycles. The number of hydrogen-bond acceptors (Lipinski definition) is 3. The van der Waals surface area contributed by atoms with Crippen LogP contribution in [0.4, 0.5) is 10.1 Å². The Morgan fingerprint density at radius 3 is 2.84 bits per heavy atom. The van der Waals surface area contributed by atoms with Crippen LogP contribution in [0.1, 0.15) is 18.4 Å². The molecule has 1 saturated heterocycles. The van der Waals surface area contributed by atoms with Crippen molar-refractivity contribution in [3.63, 3.8) is 0 Å². The van der Waals surface area contributed by atoms with Gasteiger partial charge in [-0.3, -0.25) is 4.79 Å². The second-order valence-electron chi connectivity index (χ2n) is 4.98. The van der Waals surface area contributed by atoms with Crippen molar-refractivity contribution in [2.24, 2.45) is 5.92 Å². The first-order chi connectivity index (χ1) is 8.85. The van der Waals surface area contributed by atoms with Crippen LogP contribution in [-0.2, 0) is 14.6 Å². The number of benzene rings is 1. The molecule has 0 saturated carbocycles. The quantitative estimate of drug-likeness (QED) is 0.922. The zero-order valence-electron chi connectivity index (χ0n) is 10.6. The highest BCUT2D eigenvalue weighted by atomic mass is 32.2. The second kappa shape index (κ2) is 5.28. The first kappa shape index (κ1) is 14.0. The summed E-state index contributed by atoms with van der Waals surface area (Å²) in [6, 6.07) is 4.18. The van der Waals surface area contributed by atoms with E-state index in [2.05, 4.69) is 5.32 Å². The minimum Gasteiger partial charge on any atom is -0.326 e. The number of aryl methyl sites for hydroxylation is 1. The lowest BCUT2D eigenvalue weighted by molar-refractivity contribution is -0.116. The number of halogens is 1. The molecule has 1 aliphatic rings. The number of hydrogen-bond donors (Lipinski definition) is 1. The Morgan fingerprint density at radius 1 is 1.47 bits per heavy atom. The van der Waals surface area contributed by atoms with E-state index in [0.29, 0.717) is 12.1 Å². The van der Waals surface area contributed by atoms with E-state index in [4.69, 9.17) is 0 Å². The summed E-state index contributed by atoms with van der Waals surface area (Å²) in [7, 11) is -2.97. The predicted octanol–water partition coefficient (Wildman–Crippen LogP) is 1.90. The van der Waals surface area contributed by atoms with Crippen molar-refractivity contribution < 1.29 is 17.6 Å². The third-order valence-corrected chi connectivity index (χ3v) is 5.11. The number of nitrogens with one attached hydrogen (secondary N) is 1. The van der Waals surface area contributed by atoms with E-state index in [1.165, 1.54) is 12.1 Å². The number of rotatable bonds is 3. The van der Waals surface area contributed by atoms with Gasteiger partial charge in [-0.15, -0.1) is 0 Å². The molecular weight excluding hydrogens is 269 g/mol. The Bertz CT molecular complexity index is 598. The Hall–Kier alpha value is -1.43. The first-order valence-electron chi connectivity index (χ1n) is 6.12. The van der Waals surface area contributed by atoms with Crippen molar-refractivity contribution in [1.29, 1.82) is 0 Å². The van der Waals surface area contributed by atoms with Crippen LogP contribution in [0.5, 0.6) is 0 Å². The molecule has 1 aromatic rings. The third-order valence-electron chi connectivity index (χ3n) is 3.27.